The molecule has 0 bridgehead atoms. The van der Waals surface area contributed by atoms with Crippen LogP contribution in [0.2, 0.25) is 0 Å². The molecule has 0 spiro atoms. The van der Waals surface area contributed by atoms with Crippen LogP contribution in [-0.2, 0) is 34.1 Å². The van der Waals surface area contributed by atoms with Crippen LogP contribution in [0.25, 0.3) is 0 Å². The molecule has 0 aromatic rings. The molecule has 1 fully saturated rings. The molecule has 0 aromatic carbocycles. The van der Waals surface area contributed by atoms with Crippen LogP contribution in [0.5, 0.6) is 0 Å². The van der Waals surface area contributed by atoms with Gasteiger partial charge < -0.3 is 11.7 Å². The van der Waals surface area contributed by atoms with Gasteiger partial charge in [0.05, 0.1) is 0 Å². The number of hydrogen-bond acceptors (Lipinski definition) is 1. The number of epoxide rings is 1. The van der Waals surface area contributed by atoms with Gasteiger partial charge in [0.1, 0.15) is 0 Å². The molecule has 1 atom stereocenters. The van der Waals surface area contributed by atoms with Crippen molar-refractivity contribution in [3.8, 4) is 0 Å². The third kappa shape index (κ3) is 51.4. The summed E-state index contributed by atoms with van der Waals surface area (Å²) in [6.45, 7) is 4.40. The molecule has 1 aliphatic rings. The van der Waals surface area contributed by atoms with E-state index in [1.165, 1.54) is 0 Å². The fourth-order valence-electron chi connectivity index (χ4n) is 0.0680. The van der Waals surface area contributed by atoms with E-state index in [4.69, 9.17) is 55.8 Å². The van der Waals surface area contributed by atoms with E-state index in [0.29, 0.717) is 6.10 Å². The molecule has 0 amide bonds. The van der Waals surface area contributed by atoms with E-state index < -0.39 is 29.4 Å². The minimum atomic E-state index is -1.92. The van der Waals surface area contributed by atoms with Crippen molar-refractivity contribution in [3.63, 3.8) is 0 Å². The van der Waals surface area contributed by atoms with Gasteiger partial charge in [0.15, 0.2) is 0 Å². The van der Waals surface area contributed by atoms with Crippen LogP contribution < -0.4 is 0 Å². The molecule has 0 N–H and O–H groups in total. The molecule has 0 aliphatic carbocycles. The Morgan fingerprint density at radius 1 is 1.25 bits per heavy atom. The molecule has 0 aromatic heterocycles. The van der Waals surface area contributed by atoms with Gasteiger partial charge >= 0.3 is 85.2 Å². The number of rotatable bonds is 0. The van der Waals surface area contributed by atoms with Crippen molar-refractivity contribution in [2.75, 3.05) is 6.61 Å². The Kier molecular flexibility index (Phi) is 17.8. The predicted molar refractivity (Wildman–Crippen MR) is 50.2 cm³/mol. The van der Waals surface area contributed by atoms with Crippen molar-refractivity contribution in [1.29, 1.82) is 0 Å². The fourth-order valence-corrected chi connectivity index (χ4v) is 0.0680. The van der Waals surface area contributed by atoms with Crippen LogP contribution in [0.4, 0.5) is 0 Å². The average molecular weight is 366 g/mol. The first-order chi connectivity index (χ1) is 5.36. The van der Waals surface area contributed by atoms with E-state index in [1.54, 1.807) is 0 Å². The van der Waals surface area contributed by atoms with E-state index >= 15 is 0 Å². The first-order valence-corrected chi connectivity index (χ1v) is 15.4. The Balaban J connectivity index is 0. The average Bonchev–Trinajstić information content (AvgIpc) is 2.46. The number of hydrogen-bond donors (Lipinski definition) is 0. The van der Waals surface area contributed by atoms with Gasteiger partial charge in [0, 0.05) is 6.61 Å². The second-order valence-corrected chi connectivity index (χ2v) is 16.9. The SMILES string of the molecule is [CH2-]C1CO1.[Cl][Ti+]([Cl])[Cl].[Cl][Ti]([Cl])[Cl]. The Bertz CT molecular complexity index is 77.4. The second-order valence-electron chi connectivity index (χ2n) is 1.38. The molecule has 1 nitrogen and oxygen atoms in total. The zero-order valence-electron chi connectivity index (χ0n) is 5.67. The van der Waals surface area contributed by atoms with E-state index in [2.05, 4.69) is 11.7 Å². The van der Waals surface area contributed by atoms with Gasteiger partial charge in [-0.15, -0.1) is 0 Å². The summed E-state index contributed by atoms with van der Waals surface area (Å²) < 4.78 is 4.60. The summed E-state index contributed by atoms with van der Waals surface area (Å²) in [6, 6.07) is 0. The maximum atomic E-state index is 4.97. The zero-order valence-corrected chi connectivity index (χ0v) is 13.3. The van der Waals surface area contributed by atoms with Gasteiger partial charge in [-0.25, -0.2) is 0 Å². The zero-order chi connectivity index (χ0) is 10.1. The minimum absolute atomic E-state index is 0.333. The first kappa shape index (κ1) is 17.5. The molecule has 1 rings (SSSR count). The molecule has 1 heterocycles. The standard InChI is InChI=1S/C3H5O.6ClH.2Ti/c1-3-2-4-3;;;;;;;;/h3H,1-2H2;6*1H;;/q-1;;;;;;;+3;+4/p-6. The van der Waals surface area contributed by atoms with Crippen molar-refractivity contribution in [3.05, 3.63) is 6.92 Å². The Labute approximate surface area is 108 Å². The van der Waals surface area contributed by atoms with Gasteiger partial charge in [-0.05, 0) is 6.10 Å². The molecular weight excluding hydrogens is 360 g/mol. The monoisotopic (exact) mass is 363 g/mol. The topological polar surface area (TPSA) is 12.5 Å². The van der Waals surface area contributed by atoms with Crippen molar-refractivity contribution >= 4 is 55.8 Å². The van der Waals surface area contributed by atoms with Gasteiger partial charge in [-0.2, -0.15) is 0 Å². The predicted octanol–water partition coefficient (Wildman–Crippen LogP) is 4.35. The Hall–Kier alpha value is 3.13. The third-order valence-electron chi connectivity index (χ3n) is 0.402. The molecule has 0 saturated carbocycles. The molecule has 1 aliphatic heterocycles. The molecule has 1 unspecified atom stereocenters. The van der Waals surface area contributed by atoms with Crippen molar-refractivity contribution in [2.45, 2.75) is 6.10 Å². The van der Waals surface area contributed by atoms with Crippen molar-refractivity contribution in [1.82, 2.24) is 0 Å². The van der Waals surface area contributed by atoms with Crippen molar-refractivity contribution < 1.29 is 34.1 Å². The summed E-state index contributed by atoms with van der Waals surface area (Å²) in [6.07, 6.45) is 0.333. The summed E-state index contributed by atoms with van der Waals surface area (Å²) in [5.41, 5.74) is 0. The van der Waals surface area contributed by atoms with Gasteiger partial charge in [0.2, 0.25) is 0 Å². The second kappa shape index (κ2) is 12.2. The quantitative estimate of drug-likeness (QED) is 0.353. The maximum absolute atomic E-state index is 4.97. The summed E-state index contributed by atoms with van der Waals surface area (Å²) in [4.78, 5) is 0. The molecule has 12 heavy (non-hydrogen) atoms. The summed E-state index contributed by atoms with van der Waals surface area (Å²) in [7, 11) is 29.8. The molecule has 9 heteroatoms. The first-order valence-electron chi connectivity index (χ1n) is 2.47. The van der Waals surface area contributed by atoms with Gasteiger partial charge in [-0.1, -0.05) is 0 Å². The summed E-state index contributed by atoms with van der Waals surface area (Å²) in [5.74, 6) is 0. The van der Waals surface area contributed by atoms with Crippen LogP contribution in [0, 0.1) is 6.92 Å². The molecule has 0 radical (unpaired) electrons. The molecule has 1 saturated heterocycles. The number of halogens is 6. The van der Waals surface area contributed by atoms with Gasteiger partial charge in [-0.3, -0.25) is 0 Å². The normalized spacial score (nSPS) is 17.8. The van der Waals surface area contributed by atoms with Crippen molar-refractivity contribution in [2.24, 2.45) is 0 Å². The van der Waals surface area contributed by atoms with Crippen LogP contribution >= 0.6 is 55.8 Å². The van der Waals surface area contributed by atoms with Crippen LogP contribution in [0.1, 0.15) is 0 Å². The Morgan fingerprint density at radius 2 is 1.33 bits per heavy atom. The van der Waals surface area contributed by atoms with E-state index in [1.807, 2.05) is 0 Å². The third-order valence-corrected chi connectivity index (χ3v) is 0.402. The summed E-state index contributed by atoms with van der Waals surface area (Å²) in [5, 5.41) is 0. The van der Waals surface area contributed by atoms with Crippen LogP contribution in [0.15, 0.2) is 0 Å². The van der Waals surface area contributed by atoms with E-state index in [-0.39, 0.29) is 0 Å². The van der Waals surface area contributed by atoms with Gasteiger partial charge in [0.25, 0.3) is 0 Å². The number of ether oxygens (including phenoxy) is 1. The van der Waals surface area contributed by atoms with Crippen LogP contribution in [-0.4, -0.2) is 12.7 Å². The van der Waals surface area contributed by atoms with Crippen LogP contribution in [0.3, 0.4) is 0 Å². The van der Waals surface area contributed by atoms with E-state index in [9.17, 15) is 0 Å². The molecule has 73 valence electrons. The fraction of sp³-hybridized carbons (Fsp3) is 0.667. The van der Waals surface area contributed by atoms with E-state index in [0.717, 1.165) is 6.61 Å². The Morgan fingerprint density at radius 3 is 1.33 bits per heavy atom. The molecular formula is C3H5Cl6OTi2. The summed E-state index contributed by atoms with van der Waals surface area (Å²) >= 11 is -3.83.